The molecule has 4 heteroatoms. The highest BCUT2D eigenvalue weighted by molar-refractivity contribution is 5.79. The molecule has 0 saturated carbocycles. The summed E-state index contributed by atoms with van der Waals surface area (Å²) >= 11 is 0. The average molecular weight is 351 g/mol. The fourth-order valence-electron chi connectivity index (χ4n) is 2.39. The fourth-order valence-corrected chi connectivity index (χ4v) is 2.39. The summed E-state index contributed by atoms with van der Waals surface area (Å²) < 4.78 is 0. The Balaban J connectivity index is 0.000000791. The molecule has 26 heavy (non-hydrogen) atoms. The summed E-state index contributed by atoms with van der Waals surface area (Å²) in [6, 6.07) is 18.3. The van der Waals surface area contributed by atoms with Crippen molar-refractivity contribution < 1.29 is 4.79 Å². The Morgan fingerprint density at radius 3 is 2.42 bits per heavy atom. The van der Waals surface area contributed by atoms with Crippen molar-refractivity contribution in [3.8, 4) is 0 Å². The van der Waals surface area contributed by atoms with Crippen LogP contribution in [0, 0.1) is 0 Å². The van der Waals surface area contributed by atoms with Crippen LogP contribution in [0.4, 0.5) is 5.69 Å². The first kappa shape index (κ1) is 21.2. The monoisotopic (exact) mass is 351 g/mol. The summed E-state index contributed by atoms with van der Waals surface area (Å²) in [6.07, 6.45) is 2.52. The van der Waals surface area contributed by atoms with Crippen LogP contribution in [0.2, 0.25) is 0 Å². The van der Waals surface area contributed by atoms with Gasteiger partial charge in [0.05, 0.1) is 5.52 Å². The van der Waals surface area contributed by atoms with Gasteiger partial charge in [-0.1, -0.05) is 52.0 Å². The first-order chi connectivity index (χ1) is 12.8. The summed E-state index contributed by atoms with van der Waals surface area (Å²) in [5, 5.41) is 7.22. The van der Waals surface area contributed by atoms with Crippen LogP contribution >= 0.6 is 0 Å². The molecule has 2 N–H and O–H groups in total. The van der Waals surface area contributed by atoms with E-state index in [1.165, 1.54) is 5.56 Å². The maximum atomic E-state index is 10.3. The second kappa shape index (κ2) is 12.5. The second-order valence-corrected chi connectivity index (χ2v) is 5.08. The van der Waals surface area contributed by atoms with Crippen molar-refractivity contribution in [3.63, 3.8) is 0 Å². The molecule has 0 unspecified atom stereocenters. The van der Waals surface area contributed by atoms with Crippen molar-refractivity contribution >= 4 is 23.0 Å². The topological polar surface area (TPSA) is 54.0 Å². The number of benzene rings is 2. The molecule has 0 atom stereocenters. The molecule has 0 fully saturated rings. The smallest absolute Gasteiger partial charge is 0.207 e. The van der Waals surface area contributed by atoms with Gasteiger partial charge in [-0.25, -0.2) is 0 Å². The van der Waals surface area contributed by atoms with Gasteiger partial charge < -0.3 is 10.6 Å². The van der Waals surface area contributed by atoms with E-state index >= 15 is 0 Å². The van der Waals surface area contributed by atoms with E-state index in [1.807, 2.05) is 64.1 Å². The third-order valence-electron chi connectivity index (χ3n) is 3.48. The van der Waals surface area contributed by atoms with E-state index in [0.717, 1.165) is 28.7 Å². The quantitative estimate of drug-likeness (QED) is 0.604. The molecule has 3 rings (SSSR count). The maximum Gasteiger partial charge on any atom is 0.207 e. The minimum atomic E-state index is 0.542. The van der Waals surface area contributed by atoms with Crippen LogP contribution in [-0.4, -0.2) is 11.4 Å². The molecule has 4 nitrogen and oxygen atoms in total. The lowest BCUT2D eigenvalue weighted by atomic mass is 10.1. The lowest BCUT2D eigenvalue weighted by Crippen LogP contribution is -2.10. The van der Waals surface area contributed by atoms with Crippen molar-refractivity contribution in [1.29, 1.82) is 0 Å². The Hall–Kier alpha value is -2.88. The Morgan fingerprint density at radius 1 is 0.885 bits per heavy atom. The molecule has 0 aliphatic heterocycles. The molecule has 0 saturated heterocycles. The molecule has 0 spiro atoms. The highest BCUT2D eigenvalue weighted by atomic mass is 16.1. The number of nitrogens with one attached hydrogen (secondary N) is 2. The Bertz CT molecular complexity index is 787. The minimum absolute atomic E-state index is 0.542. The Labute approximate surface area is 156 Å². The molecule has 1 amide bonds. The van der Waals surface area contributed by atoms with E-state index in [-0.39, 0.29) is 0 Å². The van der Waals surface area contributed by atoms with Crippen molar-refractivity contribution in [2.24, 2.45) is 0 Å². The molecular weight excluding hydrogens is 322 g/mol. The first-order valence-corrected chi connectivity index (χ1v) is 9.19. The number of nitrogens with zero attached hydrogens (tertiary/aromatic N) is 1. The minimum Gasteiger partial charge on any atom is -0.381 e. The molecule has 1 aromatic heterocycles. The molecular formula is C22H29N3O. The van der Waals surface area contributed by atoms with E-state index in [1.54, 1.807) is 6.20 Å². The molecule has 0 radical (unpaired) electrons. The van der Waals surface area contributed by atoms with Crippen molar-refractivity contribution in [3.05, 3.63) is 71.9 Å². The highest BCUT2D eigenvalue weighted by Crippen LogP contribution is 2.16. The molecule has 0 aliphatic carbocycles. The summed E-state index contributed by atoms with van der Waals surface area (Å²) in [5.41, 5.74) is 4.32. The van der Waals surface area contributed by atoms with Crippen LogP contribution in [0.15, 0.2) is 60.8 Å². The van der Waals surface area contributed by atoms with Gasteiger partial charge in [-0.3, -0.25) is 9.78 Å². The van der Waals surface area contributed by atoms with Gasteiger partial charge in [-0.05, 0) is 41.5 Å². The summed E-state index contributed by atoms with van der Waals surface area (Å²) in [4.78, 5) is 14.7. The SMILES string of the molecule is CC.CC.O=CNCc1cccc(NCc2ccc3ncccc3c2)c1. The summed E-state index contributed by atoms with van der Waals surface area (Å²) in [6.45, 7) is 9.29. The highest BCUT2D eigenvalue weighted by Gasteiger charge is 1.99. The van der Waals surface area contributed by atoms with Gasteiger partial charge in [0.25, 0.3) is 0 Å². The number of carbonyl (C=O) groups is 1. The van der Waals surface area contributed by atoms with E-state index in [9.17, 15) is 4.79 Å². The Kier molecular flexibility index (Phi) is 10.2. The summed E-state index contributed by atoms with van der Waals surface area (Å²) in [5.74, 6) is 0. The molecule has 138 valence electrons. The van der Waals surface area contributed by atoms with Crippen molar-refractivity contribution in [1.82, 2.24) is 10.3 Å². The third-order valence-corrected chi connectivity index (χ3v) is 3.48. The van der Waals surface area contributed by atoms with Gasteiger partial charge >= 0.3 is 0 Å². The van der Waals surface area contributed by atoms with Crippen LogP contribution in [-0.2, 0) is 17.9 Å². The van der Waals surface area contributed by atoms with E-state index < -0.39 is 0 Å². The van der Waals surface area contributed by atoms with Gasteiger partial charge in [0.2, 0.25) is 6.41 Å². The number of hydrogen-bond acceptors (Lipinski definition) is 3. The predicted molar refractivity (Wildman–Crippen MR) is 111 cm³/mol. The van der Waals surface area contributed by atoms with Gasteiger partial charge in [-0.2, -0.15) is 0 Å². The average Bonchev–Trinajstić information content (AvgIpc) is 2.74. The largest absolute Gasteiger partial charge is 0.381 e. The number of rotatable bonds is 6. The number of aromatic nitrogens is 1. The molecule has 2 aromatic carbocycles. The van der Waals surface area contributed by atoms with Crippen LogP contribution in [0.3, 0.4) is 0 Å². The number of carbonyl (C=O) groups excluding carboxylic acids is 1. The lowest BCUT2D eigenvalue weighted by molar-refractivity contribution is -0.109. The van der Waals surface area contributed by atoms with E-state index in [2.05, 4.69) is 33.8 Å². The van der Waals surface area contributed by atoms with Crippen LogP contribution < -0.4 is 10.6 Å². The van der Waals surface area contributed by atoms with Gasteiger partial charge in [0.1, 0.15) is 0 Å². The van der Waals surface area contributed by atoms with Gasteiger partial charge in [0.15, 0.2) is 0 Å². The van der Waals surface area contributed by atoms with Crippen molar-refractivity contribution in [2.45, 2.75) is 40.8 Å². The van der Waals surface area contributed by atoms with Crippen LogP contribution in [0.5, 0.6) is 0 Å². The molecule has 0 aliphatic rings. The number of amides is 1. The maximum absolute atomic E-state index is 10.3. The van der Waals surface area contributed by atoms with E-state index in [4.69, 9.17) is 0 Å². The lowest BCUT2D eigenvalue weighted by Gasteiger charge is -2.09. The molecule has 1 heterocycles. The predicted octanol–water partition coefficient (Wildman–Crippen LogP) is 5.15. The number of fused-ring (bicyclic) bond motifs is 1. The zero-order chi connectivity index (χ0) is 19.2. The molecule has 0 bridgehead atoms. The van der Waals surface area contributed by atoms with Gasteiger partial charge in [-0.15, -0.1) is 0 Å². The van der Waals surface area contributed by atoms with E-state index in [0.29, 0.717) is 13.0 Å². The van der Waals surface area contributed by atoms with Gasteiger partial charge in [0, 0.05) is 30.4 Å². The standard InChI is InChI=1S/C18H17N3O.2C2H6/c22-13-19-11-14-3-1-5-17(10-14)21-12-15-6-7-18-16(9-15)4-2-8-20-18;2*1-2/h1-10,13,21H,11-12H2,(H,19,22);2*1-2H3. The normalized spacial score (nSPS) is 9.23. The number of anilines is 1. The summed E-state index contributed by atoms with van der Waals surface area (Å²) in [7, 11) is 0. The fraction of sp³-hybridized carbons (Fsp3) is 0.273. The number of pyridine rings is 1. The molecule has 3 aromatic rings. The Morgan fingerprint density at radius 2 is 1.65 bits per heavy atom. The van der Waals surface area contributed by atoms with Crippen molar-refractivity contribution in [2.75, 3.05) is 5.32 Å². The zero-order valence-electron chi connectivity index (χ0n) is 16.1. The third kappa shape index (κ3) is 6.55. The zero-order valence-corrected chi connectivity index (χ0v) is 16.1. The van der Waals surface area contributed by atoms with Crippen LogP contribution in [0.25, 0.3) is 10.9 Å². The second-order valence-electron chi connectivity index (χ2n) is 5.08. The van der Waals surface area contributed by atoms with Crippen LogP contribution in [0.1, 0.15) is 38.8 Å². The first-order valence-electron chi connectivity index (χ1n) is 9.19. The number of hydrogen-bond donors (Lipinski definition) is 2.